The highest BCUT2D eigenvalue weighted by Crippen LogP contribution is 2.36. The Labute approximate surface area is 431 Å². The van der Waals surface area contributed by atoms with E-state index in [1.165, 1.54) is 0 Å². The molecule has 6 rings (SSSR count). The van der Waals surface area contributed by atoms with Gasteiger partial charge in [0.25, 0.3) is 0 Å². The van der Waals surface area contributed by atoms with E-state index in [1.807, 2.05) is 0 Å². The van der Waals surface area contributed by atoms with Crippen LogP contribution in [0.2, 0.25) is 0 Å². The summed E-state index contributed by atoms with van der Waals surface area (Å²) in [5, 5.41) is 190. The van der Waals surface area contributed by atoms with Gasteiger partial charge in [-0.2, -0.15) is 0 Å². The fourth-order valence-electron chi connectivity index (χ4n) is 9.58. The van der Waals surface area contributed by atoms with Gasteiger partial charge in [-0.15, -0.1) is 0 Å². The lowest BCUT2D eigenvalue weighted by molar-refractivity contribution is -0.388. The molecule has 0 bridgehead atoms. The van der Waals surface area contributed by atoms with Gasteiger partial charge in [0.1, 0.15) is 146 Å². The van der Waals surface area contributed by atoms with E-state index < -0.39 is 241 Å². The number of carbonyl (C=O) groups is 3. The van der Waals surface area contributed by atoms with Gasteiger partial charge < -0.3 is 155 Å². The van der Waals surface area contributed by atoms with Crippen LogP contribution in [0.25, 0.3) is 0 Å². The maximum absolute atomic E-state index is 12.3. The molecule has 34 nitrogen and oxygen atoms in total. The van der Waals surface area contributed by atoms with Crippen LogP contribution in [-0.4, -0.2) is 328 Å². The number of aliphatic hydroxyl groups is 17. The molecule has 0 aliphatic carbocycles. The van der Waals surface area contributed by atoms with Gasteiger partial charge in [-0.3, -0.25) is 14.4 Å². The number of rotatable bonds is 19. The van der Waals surface area contributed by atoms with Crippen LogP contribution >= 0.6 is 0 Å². The molecule has 440 valence electrons. The number of nitrogens with one attached hydrogen (secondary N) is 3. The van der Waals surface area contributed by atoms with Crippen molar-refractivity contribution in [1.82, 2.24) is 16.0 Å². The Morgan fingerprint density at radius 3 is 1.05 bits per heavy atom. The Bertz CT molecular complexity index is 1870. The van der Waals surface area contributed by atoms with E-state index >= 15 is 0 Å². The van der Waals surface area contributed by atoms with Crippen molar-refractivity contribution in [3.05, 3.63) is 0 Å². The highest BCUT2D eigenvalue weighted by molar-refractivity contribution is 5.74. The zero-order chi connectivity index (χ0) is 56.2. The molecule has 6 aliphatic heterocycles. The number of aliphatic hydroxyl groups excluding tert-OH is 17. The van der Waals surface area contributed by atoms with Crippen molar-refractivity contribution in [1.29, 1.82) is 0 Å². The van der Waals surface area contributed by atoms with Crippen LogP contribution in [0.4, 0.5) is 0 Å². The second kappa shape index (κ2) is 27.2. The SMILES string of the molecule is CC(=O)N[C@H]1[C@H](O[C@@H]2[C@@H](OC[C@H]3OC(O)[C@@H](O)[C@@H](O[C@H]4O[C@H](CO)[C@@H](O)[C@H](O)[C@@H]4O[C@@H]4O[C@H](CO)[C@@H](O)[C@H](O)[C@H]4NC(C)=O)[C@@H]3O)O[C@H](CO)[C@@H](O[C@@H]3O[C@H](CO)[C@@H](O)[C@H](O)[C@H]3NC(C)=O)[C@@H]2O)O[C@H](CO)[C@@H](O)[C@@H]1O. The molecule has 30 atom stereocenters. The van der Waals surface area contributed by atoms with Crippen LogP contribution < -0.4 is 16.0 Å². The minimum absolute atomic E-state index is 0.769. The van der Waals surface area contributed by atoms with Gasteiger partial charge in [-0.25, -0.2) is 0 Å². The Kier molecular flexibility index (Phi) is 22.3. The molecular formula is C42H71N3O31. The predicted molar refractivity (Wildman–Crippen MR) is 234 cm³/mol. The van der Waals surface area contributed by atoms with E-state index in [-0.39, 0.29) is 0 Å². The largest absolute Gasteiger partial charge is 0.394 e. The summed E-state index contributed by atoms with van der Waals surface area (Å²) in [5.41, 5.74) is 0. The zero-order valence-electron chi connectivity index (χ0n) is 40.9. The fourth-order valence-corrected chi connectivity index (χ4v) is 9.58. The van der Waals surface area contributed by atoms with Gasteiger partial charge in [0.05, 0.1) is 39.6 Å². The lowest BCUT2D eigenvalue weighted by Crippen LogP contribution is -2.69. The van der Waals surface area contributed by atoms with E-state index in [0.29, 0.717) is 0 Å². The quantitative estimate of drug-likeness (QED) is 0.0571. The first-order chi connectivity index (χ1) is 35.9. The number of hydrogen-bond donors (Lipinski definition) is 20. The van der Waals surface area contributed by atoms with E-state index in [9.17, 15) is 101 Å². The minimum atomic E-state index is -2.28. The lowest BCUT2D eigenvalue weighted by atomic mass is 9.94. The molecule has 3 amide bonds. The Hall–Kier alpha value is -2.71. The van der Waals surface area contributed by atoms with Gasteiger partial charge in [0.15, 0.2) is 37.7 Å². The van der Waals surface area contributed by atoms with Gasteiger partial charge in [0.2, 0.25) is 17.7 Å². The maximum atomic E-state index is 12.3. The molecule has 76 heavy (non-hydrogen) atoms. The summed E-state index contributed by atoms with van der Waals surface area (Å²) in [4.78, 5) is 36.7. The summed E-state index contributed by atoms with van der Waals surface area (Å²) >= 11 is 0. The molecule has 6 saturated heterocycles. The summed E-state index contributed by atoms with van der Waals surface area (Å²) in [6, 6.07) is -4.93. The van der Waals surface area contributed by atoms with Crippen molar-refractivity contribution in [2.45, 2.75) is 205 Å². The summed E-state index contributed by atoms with van der Waals surface area (Å²) in [5.74, 6) is -2.35. The van der Waals surface area contributed by atoms with Crippen molar-refractivity contribution in [3.63, 3.8) is 0 Å². The fraction of sp³-hybridized carbons (Fsp3) is 0.929. The van der Waals surface area contributed by atoms with Crippen LogP contribution in [0.1, 0.15) is 20.8 Å². The van der Waals surface area contributed by atoms with Crippen LogP contribution in [0.3, 0.4) is 0 Å². The Balaban J connectivity index is 1.29. The van der Waals surface area contributed by atoms with E-state index in [4.69, 9.17) is 52.1 Å². The molecule has 6 heterocycles. The molecule has 0 spiro atoms. The number of hydrogen-bond acceptors (Lipinski definition) is 31. The Morgan fingerprint density at radius 1 is 0.342 bits per heavy atom. The number of carbonyl (C=O) groups excluding carboxylic acids is 3. The van der Waals surface area contributed by atoms with Crippen molar-refractivity contribution in [3.8, 4) is 0 Å². The second-order valence-corrected chi connectivity index (χ2v) is 19.0. The van der Waals surface area contributed by atoms with E-state index in [1.54, 1.807) is 0 Å². The highest BCUT2D eigenvalue weighted by Gasteiger charge is 2.58. The number of ether oxygens (including phenoxy) is 11. The predicted octanol–water partition coefficient (Wildman–Crippen LogP) is -13.7. The molecule has 0 saturated carbocycles. The molecular weight excluding hydrogens is 1040 g/mol. The van der Waals surface area contributed by atoms with Gasteiger partial charge in [-0.05, 0) is 0 Å². The first kappa shape index (κ1) is 62.5. The second-order valence-electron chi connectivity index (χ2n) is 19.0. The Morgan fingerprint density at radius 2 is 0.671 bits per heavy atom. The van der Waals surface area contributed by atoms with Crippen molar-refractivity contribution in [2.24, 2.45) is 0 Å². The third-order valence-corrected chi connectivity index (χ3v) is 13.6. The molecule has 0 aromatic heterocycles. The molecule has 6 fully saturated rings. The normalized spacial score (nSPS) is 48.2. The summed E-state index contributed by atoms with van der Waals surface area (Å²) in [6.07, 6.45) is -51.8. The van der Waals surface area contributed by atoms with E-state index in [2.05, 4.69) is 16.0 Å². The maximum Gasteiger partial charge on any atom is 0.217 e. The third kappa shape index (κ3) is 13.7. The molecule has 1 unspecified atom stereocenters. The molecule has 0 radical (unpaired) electrons. The first-order valence-electron chi connectivity index (χ1n) is 24.1. The van der Waals surface area contributed by atoms with Crippen molar-refractivity contribution >= 4 is 17.7 Å². The lowest BCUT2D eigenvalue weighted by Gasteiger charge is -2.50. The van der Waals surface area contributed by atoms with Crippen LogP contribution in [0.15, 0.2) is 0 Å². The summed E-state index contributed by atoms with van der Waals surface area (Å²) in [7, 11) is 0. The monoisotopic (exact) mass is 1110 g/mol. The average molecular weight is 1110 g/mol. The van der Waals surface area contributed by atoms with Gasteiger partial charge >= 0.3 is 0 Å². The summed E-state index contributed by atoms with van der Waals surface area (Å²) in [6.45, 7) is -2.65. The van der Waals surface area contributed by atoms with Gasteiger partial charge in [0, 0.05) is 20.8 Å². The zero-order valence-corrected chi connectivity index (χ0v) is 40.9. The third-order valence-electron chi connectivity index (χ3n) is 13.6. The van der Waals surface area contributed by atoms with Crippen molar-refractivity contribution in [2.75, 3.05) is 39.6 Å². The van der Waals surface area contributed by atoms with Crippen LogP contribution in [-0.2, 0) is 66.5 Å². The van der Waals surface area contributed by atoms with Crippen LogP contribution in [0.5, 0.6) is 0 Å². The molecule has 0 aromatic rings. The molecule has 20 N–H and O–H groups in total. The molecule has 6 aliphatic rings. The standard InChI is InChI=1S/C42H71N3O31/c1-10(51)43-19-27(59)22(54)13(4-46)68-38(19)73-33-17(8-50)72-41(36(31(33)63)76-40-21(45-12(3)53)29(61)24(56)15(6-48)70-40)66-9-18-26(58)34(32(64)37(65)67-18)74-42-35(30(62)25(57)16(7-49)71-42)75-39-20(44-11(2)52)28(60)23(55)14(5-47)69-39/h13-42,46-50,54-65H,4-9H2,1-3H3,(H,43,51)(H,44,52)(H,45,53)/t13-,14-,15-,16-,17-,18-,19-,20-,21-,22-,23-,24-,25-,26-,27-,28-,29-,30+,31+,32+,33-,34+,35+,36+,37?,38+,39+,40+,41+,42-/m1/s1. The highest BCUT2D eigenvalue weighted by atomic mass is 16.8. The first-order valence-corrected chi connectivity index (χ1v) is 24.1. The number of amides is 3. The topological polar surface area (TPSA) is 533 Å². The minimum Gasteiger partial charge on any atom is -0.394 e. The average Bonchev–Trinajstić information content (AvgIpc) is 3.37. The van der Waals surface area contributed by atoms with Gasteiger partial charge in [-0.1, -0.05) is 0 Å². The summed E-state index contributed by atoms with van der Waals surface area (Å²) < 4.78 is 63.8. The van der Waals surface area contributed by atoms with E-state index in [0.717, 1.165) is 20.8 Å². The smallest absolute Gasteiger partial charge is 0.217 e. The van der Waals surface area contributed by atoms with Crippen molar-refractivity contribution < 1.29 is 153 Å². The molecule has 34 heteroatoms. The van der Waals surface area contributed by atoms with Crippen LogP contribution in [0, 0.1) is 0 Å². The molecule has 0 aromatic carbocycles.